The summed E-state index contributed by atoms with van der Waals surface area (Å²) in [5.41, 5.74) is 1.09. The fraction of sp³-hybridized carbons (Fsp3) is 0. The second-order valence-electron chi connectivity index (χ2n) is 3.23. The van der Waals surface area contributed by atoms with Gasteiger partial charge in [0.15, 0.2) is 0 Å². The normalized spacial score (nSPS) is 9.81. The van der Waals surface area contributed by atoms with Crippen LogP contribution in [0.4, 0.5) is 8.78 Å². The van der Waals surface area contributed by atoms with Crippen LogP contribution in [0.2, 0.25) is 0 Å². The van der Waals surface area contributed by atoms with Gasteiger partial charge in [0.2, 0.25) is 0 Å². The molecular formula is C13H6F2N. The molecule has 77 valence electrons. The van der Waals surface area contributed by atoms with Crippen molar-refractivity contribution >= 4 is 0 Å². The van der Waals surface area contributed by atoms with Crippen LogP contribution in [0.5, 0.6) is 0 Å². The monoisotopic (exact) mass is 214 g/mol. The van der Waals surface area contributed by atoms with Gasteiger partial charge in [-0.25, -0.2) is 8.78 Å². The summed E-state index contributed by atoms with van der Waals surface area (Å²) in [4.78, 5) is 0. The lowest BCUT2D eigenvalue weighted by Crippen LogP contribution is -1.87. The summed E-state index contributed by atoms with van der Waals surface area (Å²) in [6.45, 7) is 0. The fourth-order valence-electron chi connectivity index (χ4n) is 1.48. The standard InChI is InChI=1S/C13H6F2N/c14-11-5-10(6-12(15)7-11)13-4-2-1-3-9(13)8-16/h1-2,4-7H. The number of hydrogen-bond acceptors (Lipinski definition) is 1. The Morgan fingerprint density at radius 2 is 1.81 bits per heavy atom. The zero-order chi connectivity index (χ0) is 11.5. The molecule has 0 amide bonds. The maximum absolute atomic E-state index is 13.0. The zero-order valence-electron chi connectivity index (χ0n) is 8.17. The van der Waals surface area contributed by atoms with Crippen LogP contribution in [0.15, 0.2) is 36.4 Å². The largest absolute Gasteiger partial charge is 0.207 e. The Kier molecular flexibility index (Phi) is 2.65. The third kappa shape index (κ3) is 1.91. The molecule has 1 radical (unpaired) electrons. The number of nitrogens with zero attached hydrogens (tertiary/aromatic N) is 1. The first-order valence-corrected chi connectivity index (χ1v) is 4.58. The number of halogens is 2. The molecule has 0 bridgehead atoms. The van der Waals surface area contributed by atoms with Crippen molar-refractivity contribution in [3.05, 3.63) is 59.7 Å². The highest BCUT2D eigenvalue weighted by atomic mass is 19.1. The molecule has 0 saturated carbocycles. The Morgan fingerprint density at radius 3 is 2.44 bits per heavy atom. The molecule has 0 spiro atoms. The zero-order valence-corrected chi connectivity index (χ0v) is 8.17. The van der Waals surface area contributed by atoms with Crippen LogP contribution in [0.3, 0.4) is 0 Å². The summed E-state index contributed by atoms with van der Waals surface area (Å²) in [6.07, 6.45) is 0. The van der Waals surface area contributed by atoms with E-state index < -0.39 is 11.6 Å². The molecule has 16 heavy (non-hydrogen) atoms. The van der Waals surface area contributed by atoms with Gasteiger partial charge in [-0.2, -0.15) is 5.26 Å². The first-order valence-electron chi connectivity index (χ1n) is 4.58. The molecule has 0 aliphatic heterocycles. The highest BCUT2D eigenvalue weighted by Crippen LogP contribution is 2.24. The van der Waals surface area contributed by atoms with E-state index in [4.69, 9.17) is 5.26 Å². The summed E-state index contributed by atoms with van der Waals surface area (Å²) in [5, 5.41) is 8.85. The van der Waals surface area contributed by atoms with Crippen molar-refractivity contribution < 1.29 is 8.78 Å². The minimum Gasteiger partial charge on any atom is -0.207 e. The Bertz CT molecular complexity index is 550. The van der Waals surface area contributed by atoms with Crippen molar-refractivity contribution in [2.75, 3.05) is 0 Å². The number of rotatable bonds is 1. The van der Waals surface area contributed by atoms with Crippen molar-refractivity contribution in [2.45, 2.75) is 0 Å². The van der Waals surface area contributed by atoms with Gasteiger partial charge < -0.3 is 0 Å². The van der Waals surface area contributed by atoms with Gasteiger partial charge in [0.25, 0.3) is 0 Å². The number of benzene rings is 2. The van der Waals surface area contributed by atoms with Crippen molar-refractivity contribution in [1.29, 1.82) is 5.26 Å². The maximum Gasteiger partial charge on any atom is 0.126 e. The van der Waals surface area contributed by atoms with Crippen LogP contribution in [0.1, 0.15) is 5.56 Å². The lowest BCUT2D eigenvalue weighted by atomic mass is 10.0. The van der Waals surface area contributed by atoms with E-state index in [1.165, 1.54) is 12.1 Å². The summed E-state index contributed by atoms with van der Waals surface area (Å²) >= 11 is 0. The Hall–Kier alpha value is -2.21. The van der Waals surface area contributed by atoms with Crippen molar-refractivity contribution in [3.63, 3.8) is 0 Å². The molecule has 0 N–H and O–H groups in total. The highest BCUT2D eigenvalue weighted by Gasteiger charge is 2.07. The summed E-state index contributed by atoms with van der Waals surface area (Å²) < 4.78 is 26.0. The topological polar surface area (TPSA) is 23.8 Å². The molecule has 0 aromatic heterocycles. The van der Waals surface area contributed by atoms with E-state index in [-0.39, 0.29) is 5.56 Å². The van der Waals surface area contributed by atoms with Crippen molar-refractivity contribution in [3.8, 4) is 17.2 Å². The van der Waals surface area contributed by atoms with E-state index in [0.29, 0.717) is 11.1 Å². The third-order valence-electron chi connectivity index (χ3n) is 2.14. The van der Waals surface area contributed by atoms with Gasteiger partial charge in [0.05, 0.1) is 5.56 Å². The SMILES string of the molecule is N#Cc1[c]cccc1-c1cc(F)cc(F)c1. The lowest BCUT2D eigenvalue weighted by molar-refractivity contribution is 0.584. The van der Waals surface area contributed by atoms with Crippen molar-refractivity contribution in [1.82, 2.24) is 0 Å². The summed E-state index contributed by atoms with van der Waals surface area (Å²) in [5.74, 6) is -1.33. The molecule has 0 unspecified atom stereocenters. The molecule has 2 aromatic rings. The van der Waals surface area contributed by atoms with E-state index in [2.05, 4.69) is 6.07 Å². The molecular weight excluding hydrogens is 208 g/mol. The number of nitriles is 1. The van der Waals surface area contributed by atoms with E-state index in [1.807, 2.05) is 6.07 Å². The van der Waals surface area contributed by atoms with Gasteiger partial charge in [-0.05, 0) is 17.7 Å². The predicted molar refractivity (Wildman–Crippen MR) is 55.3 cm³/mol. The van der Waals surface area contributed by atoms with Gasteiger partial charge in [0, 0.05) is 17.7 Å². The molecule has 0 heterocycles. The molecule has 0 aliphatic rings. The second-order valence-corrected chi connectivity index (χ2v) is 3.23. The molecule has 0 saturated heterocycles. The molecule has 2 aromatic carbocycles. The molecule has 2 rings (SSSR count). The van der Waals surface area contributed by atoms with Gasteiger partial charge >= 0.3 is 0 Å². The predicted octanol–water partition coefficient (Wildman–Crippen LogP) is 3.30. The fourth-order valence-corrected chi connectivity index (χ4v) is 1.48. The Labute approximate surface area is 91.6 Å². The van der Waals surface area contributed by atoms with Gasteiger partial charge in [0.1, 0.15) is 17.7 Å². The van der Waals surface area contributed by atoms with Crippen molar-refractivity contribution in [2.24, 2.45) is 0 Å². The van der Waals surface area contributed by atoms with Gasteiger partial charge in [-0.15, -0.1) is 0 Å². The first kappa shape index (κ1) is 10.3. The van der Waals surface area contributed by atoms with Gasteiger partial charge in [-0.1, -0.05) is 18.2 Å². The van der Waals surface area contributed by atoms with E-state index >= 15 is 0 Å². The van der Waals surface area contributed by atoms with Gasteiger partial charge in [-0.3, -0.25) is 0 Å². The Balaban J connectivity index is 2.63. The van der Waals surface area contributed by atoms with Crippen LogP contribution in [0, 0.1) is 29.0 Å². The Morgan fingerprint density at radius 1 is 1.12 bits per heavy atom. The molecule has 1 nitrogen and oxygen atoms in total. The summed E-state index contributed by atoms with van der Waals surface area (Å²) in [6, 6.07) is 12.7. The molecule has 0 aliphatic carbocycles. The highest BCUT2D eigenvalue weighted by molar-refractivity contribution is 5.70. The van der Waals surface area contributed by atoms with Crippen LogP contribution >= 0.6 is 0 Å². The number of hydrogen-bond donors (Lipinski definition) is 0. The average molecular weight is 214 g/mol. The van der Waals surface area contributed by atoms with E-state index in [9.17, 15) is 8.78 Å². The van der Waals surface area contributed by atoms with Crippen LogP contribution in [-0.4, -0.2) is 0 Å². The minimum atomic E-state index is -0.664. The molecule has 0 fully saturated rings. The van der Waals surface area contributed by atoms with E-state index in [1.54, 1.807) is 18.2 Å². The average Bonchev–Trinajstić information content (AvgIpc) is 2.27. The molecule has 0 atom stereocenters. The van der Waals surface area contributed by atoms with Crippen LogP contribution in [-0.2, 0) is 0 Å². The lowest BCUT2D eigenvalue weighted by Gasteiger charge is -2.03. The third-order valence-corrected chi connectivity index (χ3v) is 2.14. The quantitative estimate of drug-likeness (QED) is 0.714. The smallest absolute Gasteiger partial charge is 0.126 e. The second kappa shape index (κ2) is 4.11. The van der Waals surface area contributed by atoms with Crippen LogP contribution < -0.4 is 0 Å². The molecule has 3 heteroatoms. The van der Waals surface area contributed by atoms with Crippen LogP contribution in [0.25, 0.3) is 11.1 Å². The minimum absolute atomic E-state index is 0.271. The van der Waals surface area contributed by atoms with E-state index in [0.717, 1.165) is 6.07 Å². The first-order chi connectivity index (χ1) is 7.70. The maximum atomic E-state index is 13.0. The summed E-state index contributed by atoms with van der Waals surface area (Å²) in [7, 11) is 0.